The smallest absolute Gasteiger partial charge is 0.226 e. The molecule has 23 heavy (non-hydrogen) atoms. The van der Waals surface area contributed by atoms with E-state index in [1.807, 2.05) is 0 Å². The van der Waals surface area contributed by atoms with E-state index in [1.165, 1.54) is 0 Å². The summed E-state index contributed by atoms with van der Waals surface area (Å²) in [6.45, 7) is 0.778. The first-order valence-corrected chi connectivity index (χ1v) is 9.54. The zero-order valence-electron chi connectivity index (χ0n) is 13.2. The van der Waals surface area contributed by atoms with Crippen molar-refractivity contribution in [3.8, 4) is 0 Å². The number of hydrogen-bond donors (Lipinski definition) is 3. The number of rotatable bonds is 4. The molecule has 130 valence electrons. The second kappa shape index (κ2) is 7.58. The lowest BCUT2D eigenvalue weighted by atomic mass is 9.87. The Morgan fingerprint density at radius 2 is 1.61 bits per heavy atom. The van der Waals surface area contributed by atoms with Gasteiger partial charge in [-0.15, -0.1) is 23.2 Å². The van der Waals surface area contributed by atoms with E-state index < -0.39 is 0 Å². The maximum Gasteiger partial charge on any atom is 0.226 e. The van der Waals surface area contributed by atoms with Gasteiger partial charge in [-0.05, 0) is 38.6 Å². The lowest BCUT2D eigenvalue weighted by Gasteiger charge is -2.35. The van der Waals surface area contributed by atoms with Crippen molar-refractivity contribution in [2.75, 3.05) is 6.54 Å². The van der Waals surface area contributed by atoms with Crippen molar-refractivity contribution in [3.63, 3.8) is 0 Å². The molecule has 0 spiro atoms. The van der Waals surface area contributed by atoms with Crippen LogP contribution in [0.4, 0.5) is 0 Å². The molecule has 3 rings (SSSR count). The number of halogens is 2. The quantitative estimate of drug-likeness (QED) is 0.667. The predicted octanol–water partition coefficient (Wildman–Crippen LogP) is 1.72. The standard InChI is InChI=1S/C16H25Cl2N3O2/c17-11-2-1-3-12(18)14(11)16(23)20-10-6-7-19-13(8-10)21-15(22)9-4-5-9/h9-14,19H,1-8H2,(H,20,23)(H,21,22). The summed E-state index contributed by atoms with van der Waals surface area (Å²) in [4.78, 5) is 24.4. The first-order valence-electron chi connectivity index (χ1n) is 8.67. The zero-order chi connectivity index (χ0) is 16.4. The van der Waals surface area contributed by atoms with Crippen LogP contribution in [0.1, 0.15) is 44.9 Å². The van der Waals surface area contributed by atoms with Gasteiger partial charge < -0.3 is 10.6 Å². The Labute approximate surface area is 147 Å². The third-order valence-corrected chi connectivity index (χ3v) is 6.04. The Hall–Kier alpha value is -0.520. The largest absolute Gasteiger partial charge is 0.353 e. The fraction of sp³-hybridized carbons (Fsp3) is 0.875. The van der Waals surface area contributed by atoms with Crippen LogP contribution in [0.2, 0.25) is 0 Å². The minimum Gasteiger partial charge on any atom is -0.353 e. The van der Waals surface area contributed by atoms with E-state index >= 15 is 0 Å². The van der Waals surface area contributed by atoms with Gasteiger partial charge in [-0.1, -0.05) is 6.42 Å². The van der Waals surface area contributed by atoms with Crippen molar-refractivity contribution >= 4 is 35.0 Å². The third-order valence-electron chi connectivity index (χ3n) is 5.06. The molecule has 0 bridgehead atoms. The van der Waals surface area contributed by atoms with Gasteiger partial charge in [0.2, 0.25) is 11.8 Å². The Balaban J connectivity index is 1.50. The summed E-state index contributed by atoms with van der Waals surface area (Å²) < 4.78 is 0. The van der Waals surface area contributed by atoms with Crippen molar-refractivity contribution in [1.29, 1.82) is 0 Å². The van der Waals surface area contributed by atoms with Gasteiger partial charge in [0.25, 0.3) is 0 Å². The van der Waals surface area contributed by atoms with Crippen LogP contribution in [0.25, 0.3) is 0 Å². The number of nitrogens with one attached hydrogen (secondary N) is 3. The highest BCUT2D eigenvalue weighted by atomic mass is 35.5. The SMILES string of the molecule is O=C(NC1CC(NC(=O)C2C(Cl)CCCC2Cl)CCN1)C1CC1. The molecule has 4 atom stereocenters. The highest BCUT2D eigenvalue weighted by Gasteiger charge is 2.38. The average Bonchev–Trinajstić information content (AvgIpc) is 3.32. The lowest BCUT2D eigenvalue weighted by Crippen LogP contribution is -2.56. The molecule has 4 unspecified atom stereocenters. The molecule has 1 heterocycles. The maximum absolute atomic E-state index is 12.5. The van der Waals surface area contributed by atoms with Crippen LogP contribution in [0, 0.1) is 11.8 Å². The number of amides is 2. The van der Waals surface area contributed by atoms with E-state index in [9.17, 15) is 9.59 Å². The Morgan fingerprint density at radius 1 is 0.913 bits per heavy atom. The summed E-state index contributed by atoms with van der Waals surface area (Å²) in [5.41, 5.74) is 0. The van der Waals surface area contributed by atoms with Crippen LogP contribution < -0.4 is 16.0 Å². The van der Waals surface area contributed by atoms with Gasteiger partial charge in [0.15, 0.2) is 0 Å². The van der Waals surface area contributed by atoms with Crippen LogP contribution >= 0.6 is 23.2 Å². The molecule has 1 saturated heterocycles. The molecule has 0 aromatic heterocycles. The second-order valence-electron chi connectivity index (χ2n) is 7.01. The van der Waals surface area contributed by atoms with Crippen molar-refractivity contribution in [3.05, 3.63) is 0 Å². The molecule has 7 heteroatoms. The summed E-state index contributed by atoms with van der Waals surface area (Å²) in [6, 6.07) is 0.0583. The Bertz CT molecular complexity index is 449. The van der Waals surface area contributed by atoms with Crippen LogP contribution in [0.3, 0.4) is 0 Å². The van der Waals surface area contributed by atoms with Gasteiger partial charge in [-0.3, -0.25) is 14.9 Å². The van der Waals surface area contributed by atoms with Crippen LogP contribution in [-0.2, 0) is 9.59 Å². The predicted molar refractivity (Wildman–Crippen MR) is 90.4 cm³/mol. The van der Waals surface area contributed by atoms with Crippen molar-refractivity contribution < 1.29 is 9.59 Å². The van der Waals surface area contributed by atoms with Gasteiger partial charge in [0.1, 0.15) is 0 Å². The summed E-state index contributed by atoms with van der Waals surface area (Å²) in [6.07, 6.45) is 6.15. The van der Waals surface area contributed by atoms with E-state index in [0.29, 0.717) is 6.42 Å². The summed E-state index contributed by atoms with van der Waals surface area (Å²) in [7, 11) is 0. The monoisotopic (exact) mass is 361 g/mol. The summed E-state index contributed by atoms with van der Waals surface area (Å²) in [5, 5.41) is 9.06. The molecule has 0 aromatic rings. The van der Waals surface area contributed by atoms with Gasteiger partial charge >= 0.3 is 0 Å². The minimum atomic E-state index is -0.318. The van der Waals surface area contributed by atoms with Crippen LogP contribution in [-0.4, -0.2) is 41.3 Å². The molecule has 3 N–H and O–H groups in total. The fourth-order valence-corrected chi connectivity index (χ4v) is 4.48. The lowest BCUT2D eigenvalue weighted by molar-refractivity contribution is -0.126. The first kappa shape index (κ1) is 17.3. The van der Waals surface area contributed by atoms with Crippen molar-refractivity contribution in [1.82, 2.24) is 16.0 Å². The molecule has 1 aliphatic heterocycles. The molecule has 3 aliphatic rings. The number of hydrogen-bond acceptors (Lipinski definition) is 3. The van der Waals surface area contributed by atoms with Gasteiger partial charge in [0.05, 0.1) is 12.1 Å². The molecule has 2 aliphatic carbocycles. The molecule has 2 saturated carbocycles. The normalized spacial score (nSPS) is 37.9. The molecule has 0 radical (unpaired) electrons. The fourth-order valence-electron chi connectivity index (χ4n) is 3.51. The second-order valence-corrected chi connectivity index (χ2v) is 8.13. The molecule has 0 aromatic carbocycles. The van der Waals surface area contributed by atoms with E-state index in [-0.39, 0.29) is 46.6 Å². The van der Waals surface area contributed by atoms with Gasteiger partial charge in [0, 0.05) is 29.1 Å². The van der Waals surface area contributed by atoms with Gasteiger partial charge in [-0.25, -0.2) is 0 Å². The Morgan fingerprint density at radius 3 is 2.26 bits per heavy atom. The molecule has 5 nitrogen and oxygen atoms in total. The van der Waals surface area contributed by atoms with Crippen LogP contribution in [0.15, 0.2) is 0 Å². The number of carbonyl (C=O) groups is 2. The zero-order valence-corrected chi connectivity index (χ0v) is 14.7. The summed E-state index contributed by atoms with van der Waals surface area (Å²) in [5.74, 6) is -0.0308. The van der Waals surface area contributed by atoms with Crippen molar-refractivity contribution in [2.45, 2.75) is 67.9 Å². The maximum atomic E-state index is 12.5. The highest BCUT2D eigenvalue weighted by Crippen LogP contribution is 2.33. The average molecular weight is 362 g/mol. The van der Waals surface area contributed by atoms with E-state index in [0.717, 1.165) is 45.1 Å². The number of alkyl halides is 2. The van der Waals surface area contributed by atoms with Crippen molar-refractivity contribution in [2.24, 2.45) is 11.8 Å². The number of piperidine rings is 1. The highest BCUT2D eigenvalue weighted by molar-refractivity contribution is 6.26. The number of carbonyl (C=O) groups excluding carboxylic acids is 2. The third kappa shape index (κ3) is 4.52. The summed E-state index contributed by atoms with van der Waals surface area (Å²) >= 11 is 12.6. The van der Waals surface area contributed by atoms with E-state index in [4.69, 9.17) is 23.2 Å². The molecular formula is C16H25Cl2N3O2. The van der Waals surface area contributed by atoms with E-state index in [2.05, 4.69) is 16.0 Å². The molecule has 2 amide bonds. The topological polar surface area (TPSA) is 70.2 Å². The van der Waals surface area contributed by atoms with Gasteiger partial charge in [-0.2, -0.15) is 0 Å². The molecular weight excluding hydrogens is 337 g/mol. The first-order chi connectivity index (χ1) is 11.0. The Kier molecular flexibility index (Phi) is 5.70. The van der Waals surface area contributed by atoms with E-state index in [1.54, 1.807) is 0 Å². The minimum absolute atomic E-state index is 0.0381. The van der Waals surface area contributed by atoms with Crippen LogP contribution in [0.5, 0.6) is 0 Å². The molecule has 3 fully saturated rings.